The second-order valence-corrected chi connectivity index (χ2v) is 7.23. The highest BCUT2D eigenvalue weighted by Crippen LogP contribution is 2.20. The first-order valence-corrected chi connectivity index (χ1v) is 10.1. The molecule has 2 aliphatic heterocycles. The molecular formula is C22H26N4O3. The quantitative estimate of drug-likeness (QED) is 0.815. The molecule has 0 unspecified atom stereocenters. The van der Waals surface area contributed by atoms with E-state index in [0.29, 0.717) is 38.3 Å². The number of amides is 3. The number of ether oxygens (including phenoxy) is 1. The Balaban J connectivity index is 1.27. The Morgan fingerprint density at radius 1 is 0.966 bits per heavy atom. The highest BCUT2D eigenvalue weighted by Gasteiger charge is 2.25. The van der Waals surface area contributed by atoms with Gasteiger partial charge in [0.15, 0.2) is 0 Å². The lowest BCUT2D eigenvalue weighted by Crippen LogP contribution is -2.49. The number of nitrogens with one attached hydrogen (secondary N) is 1. The van der Waals surface area contributed by atoms with Gasteiger partial charge in [-0.2, -0.15) is 0 Å². The van der Waals surface area contributed by atoms with Crippen molar-refractivity contribution in [1.82, 2.24) is 15.1 Å². The van der Waals surface area contributed by atoms with E-state index in [1.165, 1.54) is 0 Å². The maximum absolute atomic E-state index is 12.9. The Hall–Kier alpha value is -3.06. The van der Waals surface area contributed by atoms with Crippen LogP contribution in [0.3, 0.4) is 0 Å². The summed E-state index contributed by atoms with van der Waals surface area (Å²) in [6.07, 6.45) is 0. The Labute approximate surface area is 170 Å². The number of rotatable bonds is 6. The fourth-order valence-electron chi connectivity index (χ4n) is 3.69. The average molecular weight is 394 g/mol. The molecule has 29 heavy (non-hydrogen) atoms. The summed E-state index contributed by atoms with van der Waals surface area (Å²) >= 11 is 0. The van der Waals surface area contributed by atoms with Crippen molar-refractivity contribution in [3.63, 3.8) is 0 Å². The molecule has 0 aliphatic carbocycles. The van der Waals surface area contributed by atoms with Crippen LogP contribution in [0.1, 0.15) is 10.4 Å². The highest BCUT2D eigenvalue weighted by atomic mass is 16.5. The van der Waals surface area contributed by atoms with E-state index in [4.69, 9.17) is 4.74 Å². The number of urea groups is 1. The zero-order valence-corrected chi connectivity index (χ0v) is 16.4. The van der Waals surface area contributed by atoms with Crippen LogP contribution >= 0.6 is 0 Å². The molecule has 4 rings (SSSR count). The van der Waals surface area contributed by atoms with Crippen LogP contribution in [-0.2, 0) is 0 Å². The molecule has 2 aliphatic rings. The lowest BCUT2D eigenvalue weighted by atomic mass is 10.1. The Morgan fingerprint density at radius 2 is 1.76 bits per heavy atom. The van der Waals surface area contributed by atoms with Crippen molar-refractivity contribution in [2.24, 2.45) is 0 Å². The molecule has 7 heteroatoms. The Kier molecular flexibility index (Phi) is 5.95. The molecule has 3 amide bonds. The van der Waals surface area contributed by atoms with Gasteiger partial charge >= 0.3 is 6.03 Å². The molecule has 2 aromatic rings. The van der Waals surface area contributed by atoms with Crippen LogP contribution in [0.25, 0.3) is 0 Å². The first-order valence-electron chi connectivity index (χ1n) is 10.1. The zero-order chi connectivity index (χ0) is 20.1. The van der Waals surface area contributed by atoms with Crippen LogP contribution < -0.4 is 15.0 Å². The Bertz CT molecular complexity index is 850. The van der Waals surface area contributed by atoms with Crippen molar-refractivity contribution in [3.05, 3.63) is 60.2 Å². The third kappa shape index (κ3) is 4.68. The van der Waals surface area contributed by atoms with Gasteiger partial charge < -0.3 is 15.0 Å². The summed E-state index contributed by atoms with van der Waals surface area (Å²) in [5.74, 6) is 0.902. The molecule has 1 N–H and O–H groups in total. The van der Waals surface area contributed by atoms with Crippen LogP contribution in [0.5, 0.6) is 5.75 Å². The van der Waals surface area contributed by atoms with E-state index < -0.39 is 0 Å². The highest BCUT2D eigenvalue weighted by molar-refractivity contribution is 5.98. The van der Waals surface area contributed by atoms with Gasteiger partial charge in [0.25, 0.3) is 5.91 Å². The number of carbonyl (C=O) groups is 2. The number of carbonyl (C=O) groups excluding carboxylic acids is 2. The first-order chi connectivity index (χ1) is 14.2. The van der Waals surface area contributed by atoms with E-state index in [2.05, 4.69) is 10.2 Å². The monoisotopic (exact) mass is 394 g/mol. The van der Waals surface area contributed by atoms with Gasteiger partial charge in [0.1, 0.15) is 12.4 Å². The number of hydrogen-bond donors (Lipinski definition) is 1. The topological polar surface area (TPSA) is 65.1 Å². The zero-order valence-electron chi connectivity index (χ0n) is 16.4. The lowest BCUT2D eigenvalue weighted by molar-refractivity contribution is 0.0620. The molecule has 2 saturated heterocycles. The van der Waals surface area contributed by atoms with Crippen LogP contribution in [0.15, 0.2) is 54.6 Å². The predicted molar refractivity (Wildman–Crippen MR) is 111 cm³/mol. The van der Waals surface area contributed by atoms with Gasteiger partial charge in [-0.05, 0) is 30.3 Å². The largest absolute Gasteiger partial charge is 0.492 e. The molecule has 7 nitrogen and oxygen atoms in total. The summed E-state index contributed by atoms with van der Waals surface area (Å²) in [5, 5.41) is 2.79. The number of anilines is 1. The number of hydrogen-bond acceptors (Lipinski definition) is 4. The third-order valence-corrected chi connectivity index (χ3v) is 5.34. The van der Waals surface area contributed by atoms with Crippen molar-refractivity contribution < 1.29 is 14.3 Å². The summed E-state index contributed by atoms with van der Waals surface area (Å²) in [6, 6.07) is 17.0. The first kappa shape index (κ1) is 19.3. The summed E-state index contributed by atoms with van der Waals surface area (Å²) in [6.45, 7) is 5.79. The van der Waals surface area contributed by atoms with E-state index in [-0.39, 0.29) is 11.9 Å². The summed E-state index contributed by atoms with van der Waals surface area (Å²) in [5.41, 5.74) is 1.39. The van der Waals surface area contributed by atoms with Gasteiger partial charge in [0.05, 0.1) is 0 Å². The van der Waals surface area contributed by atoms with Crippen molar-refractivity contribution in [2.45, 2.75) is 0 Å². The van der Waals surface area contributed by atoms with Crippen LogP contribution in [0.4, 0.5) is 10.5 Å². The van der Waals surface area contributed by atoms with E-state index in [1.807, 2.05) is 59.5 Å². The van der Waals surface area contributed by atoms with Gasteiger partial charge in [0, 0.05) is 57.1 Å². The fourth-order valence-corrected chi connectivity index (χ4v) is 3.69. The normalized spacial score (nSPS) is 17.3. The average Bonchev–Trinajstić information content (AvgIpc) is 3.20. The number of benzene rings is 2. The fraction of sp³-hybridized carbons (Fsp3) is 0.364. The van der Waals surface area contributed by atoms with Crippen molar-refractivity contribution in [2.75, 3.05) is 57.3 Å². The van der Waals surface area contributed by atoms with Gasteiger partial charge in [-0.15, -0.1) is 0 Å². The molecule has 2 fully saturated rings. The number of piperazine rings is 1. The molecule has 0 saturated carbocycles. The second-order valence-electron chi connectivity index (χ2n) is 7.23. The molecule has 0 atom stereocenters. The molecule has 2 aromatic carbocycles. The summed E-state index contributed by atoms with van der Waals surface area (Å²) in [4.78, 5) is 30.7. The third-order valence-electron chi connectivity index (χ3n) is 5.34. The molecule has 2 heterocycles. The number of para-hydroxylation sites is 1. The van der Waals surface area contributed by atoms with Crippen molar-refractivity contribution >= 4 is 17.6 Å². The molecule has 0 radical (unpaired) electrons. The van der Waals surface area contributed by atoms with Gasteiger partial charge in [-0.1, -0.05) is 24.3 Å². The smallest absolute Gasteiger partial charge is 0.321 e. The second kappa shape index (κ2) is 8.96. The number of nitrogens with zero attached hydrogens (tertiary/aromatic N) is 3. The van der Waals surface area contributed by atoms with E-state index in [0.717, 1.165) is 31.1 Å². The van der Waals surface area contributed by atoms with Crippen molar-refractivity contribution in [1.29, 1.82) is 0 Å². The molecular weight excluding hydrogens is 368 g/mol. The maximum Gasteiger partial charge on any atom is 0.321 e. The van der Waals surface area contributed by atoms with Crippen LogP contribution in [-0.4, -0.2) is 74.2 Å². The Morgan fingerprint density at radius 3 is 2.48 bits per heavy atom. The predicted octanol–water partition coefficient (Wildman–Crippen LogP) is 2.05. The van der Waals surface area contributed by atoms with Crippen LogP contribution in [0, 0.1) is 0 Å². The van der Waals surface area contributed by atoms with E-state index in [1.54, 1.807) is 4.90 Å². The molecule has 0 bridgehead atoms. The van der Waals surface area contributed by atoms with Crippen molar-refractivity contribution in [3.8, 4) is 5.75 Å². The lowest BCUT2D eigenvalue weighted by Gasteiger charge is -2.34. The minimum atomic E-state index is -0.110. The standard InChI is InChI=1S/C22H26N4O3/c27-21(18-5-4-6-19(17-18)26-10-9-23-22(26)28)25-13-11-24(12-14-25)15-16-29-20-7-2-1-3-8-20/h1-8,17H,9-16H2,(H,23,28). The van der Waals surface area contributed by atoms with Gasteiger partial charge in [-0.25, -0.2) is 4.79 Å². The molecule has 152 valence electrons. The van der Waals surface area contributed by atoms with Gasteiger partial charge in [0.2, 0.25) is 0 Å². The summed E-state index contributed by atoms with van der Waals surface area (Å²) < 4.78 is 5.76. The van der Waals surface area contributed by atoms with E-state index >= 15 is 0 Å². The van der Waals surface area contributed by atoms with E-state index in [9.17, 15) is 9.59 Å². The van der Waals surface area contributed by atoms with Gasteiger partial charge in [-0.3, -0.25) is 14.6 Å². The minimum absolute atomic E-state index is 0.0200. The molecule has 0 aromatic heterocycles. The summed E-state index contributed by atoms with van der Waals surface area (Å²) in [7, 11) is 0. The minimum Gasteiger partial charge on any atom is -0.492 e. The SMILES string of the molecule is O=C(c1cccc(N2CCNC2=O)c1)N1CCN(CCOc2ccccc2)CC1. The maximum atomic E-state index is 12.9. The van der Waals surface area contributed by atoms with Crippen LogP contribution in [0.2, 0.25) is 0 Å². The molecule has 0 spiro atoms.